The second-order valence-electron chi connectivity index (χ2n) is 5.13. The molecule has 2 unspecified atom stereocenters. The maximum absolute atomic E-state index is 13.6. The number of hydrogen-bond acceptors (Lipinski definition) is 2. The van der Waals surface area contributed by atoms with E-state index < -0.39 is 23.3 Å². The van der Waals surface area contributed by atoms with Gasteiger partial charge >= 0.3 is 0 Å². The Hall–Kier alpha value is -1.00. The third-order valence-corrected chi connectivity index (χ3v) is 3.77. The topological polar surface area (TPSA) is 35.2 Å². The van der Waals surface area contributed by atoms with Gasteiger partial charge < -0.3 is 10.5 Å². The van der Waals surface area contributed by atoms with Crippen molar-refractivity contribution < 1.29 is 13.5 Å². The van der Waals surface area contributed by atoms with Crippen molar-refractivity contribution in [3.8, 4) is 0 Å². The summed E-state index contributed by atoms with van der Waals surface area (Å²) in [5, 5.41) is 0. The molecule has 0 amide bonds. The zero-order valence-corrected chi connectivity index (χ0v) is 10.6. The van der Waals surface area contributed by atoms with Crippen LogP contribution < -0.4 is 5.73 Å². The monoisotopic (exact) mass is 255 g/mol. The van der Waals surface area contributed by atoms with Crippen LogP contribution in [0.1, 0.15) is 31.7 Å². The Morgan fingerprint density at radius 3 is 2.56 bits per heavy atom. The molecule has 1 fully saturated rings. The number of hydrogen-bond donors (Lipinski definition) is 1. The van der Waals surface area contributed by atoms with Gasteiger partial charge in [0, 0.05) is 18.2 Å². The summed E-state index contributed by atoms with van der Waals surface area (Å²) >= 11 is 0. The maximum atomic E-state index is 13.6. The van der Waals surface area contributed by atoms with Crippen molar-refractivity contribution in [1.29, 1.82) is 0 Å². The summed E-state index contributed by atoms with van der Waals surface area (Å²) in [5.74, 6) is -1.07. The molecule has 0 aliphatic carbocycles. The SMILES string of the molecule is CC1(C(N)Cc2c(F)cccc2F)CCCCO1. The highest BCUT2D eigenvalue weighted by molar-refractivity contribution is 5.21. The van der Waals surface area contributed by atoms with Crippen molar-refractivity contribution in [2.45, 2.75) is 44.2 Å². The summed E-state index contributed by atoms with van der Waals surface area (Å²) in [4.78, 5) is 0. The van der Waals surface area contributed by atoms with Crippen LogP contribution in [0.25, 0.3) is 0 Å². The first-order valence-electron chi connectivity index (χ1n) is 6.35. The van der Waals surface area contributed by atoms with Gasteiger partial charge in [-0.3, -0.25) is 0 Å². The van der Waals surface area contributed by atoms with Gasteiger partial charge in [0.2, 0.25) is 0 Å². The third kappa shape index (κ3) is 2.70. The van der Waals surface area contributed by atoms with E-state index in [4.69, 9.17) is 10.5 Å². The molecule has 2 rings (SSSR count). The molecule has 18 heavy (non-hydrogen) atoms. The van der Waals surface area contributed by atoms with Crippen molar-refractivity contribution in [3.63, 3.8) is 0 Å². The fourth-order valence-electron chi connectivity index (χ4n) is 2.41. The Balaban J connectivity index is 2.13. The third-order valence-electron chi connectivity index (χ3n) is 3.77. The van der Waals surface area contributed by atoms with E-state index >= 15 is 0 Å². The van der Waals surface area contributed by atoms with E-state index in [1.54, 1.807) is 0 Å². The lowest BCUT2D eigenvalue weighted by Gasteiger charge is -2.39. The Morgan fingerprint density at radius 2 is 2.00 bits per heavy atom. The molecule has 1 saturated heterocycles. The number of halogens is 2. The lowest BCUT2D eigenvalue weighted by Crippen LogP contribution is -2.51. The van der Waals surface area contributed by atoms with Crippen LogP contribution in [0.2, 0.25) is 0 Å². The van der Waals surface area contributed by atoms with E-state index in [9.17, 15) is 8.78 Å². The average Bonchev–Trinajstić information content (AvgIpc) is 2.34. The molecule has 100 valence electrons. The van der Waals surface area contributed by atoms with E-state index in [0.29, 0.717) is 6.61 Å². The van der Waals surface area contributed by atoms with Crippen LogP contribution in [0.4, 0.5) is 8.78 Å². The molecule has 0 saturated carbocycles. The Labute approximate surface area is 106 Å². The normalized spacial score (nSPS) is 26.0. The second-order valence-corrected chi connectivity index (χ2v) is 5.13. The average molecular weight is 255 g/mol. The zero-order chi connectivity index (χ0) is 13.2. The lowest BCUT2D eigenvalue weighted by molar-refractivity contribution is -0.0810. The molecule has 0 spiro atoms. The molecular weight excluding hydrogens is 236 g/mol. The second kappa shape index (κ2) is 5.33. The van der Waals surface area contributed by atoms with Crippen LogP contribution in [0, 0.1) is 11.6 Å². The summed E-state index contributed by atoms with van der Waals surface area (Å²) in [6.07, 6.45) is 3.07. The van der Waals surface area contributed by atoms with E-state index in [1.807, 2.05) is 6.92 Å². The smallest absolute Gasteiger partial charge is 0.129 e. The number of nitrogens with two attached hydrogens (primary N) is 1. The lowest BCUT2D eigenvalue weighted by atomic mass is 9.85. The summed E-state index contributed by atoms with van der Waals surface area (Å²) in [6.45, 7) is 2.60. The molecule has 2 atom stereocenters. The molecule has 0 radical (unpaired) electrons. The highest BCUT2D eigenvalue weighted by atomic mass is 19.1. The van der Waals surface area contributed by atoms with Crippen LogP contribution in [0.5, 0.6) is 0 Å². The predicted molar refractivity (Wildman–Crippen MR) is 66.2 cm³/mol. The molecule has 2 nitrogen and oxygen atoms in total. The minimum atomic E-state index is -0.537. The quantitative estimate of drug-likeness (QED) is 0.901. The van der Waals surface area contributed by atoms with Crippen molar-refractivity contribution in [3.05, 3.63) is 35.4 Å². The van der Waals surface area contributed by atoms with Crippen molar-refractivity contribution >= 4 is 0 Å². The zero-order valence-electron chi connectivity index (χ0n) is 10.6. The molecule has 1 heterocycles. The van der Waals surface area contributed by atoms with Crippen LogP contribution in [-0.2, 0) is 11.2 Å². The Morgan fingerprint density at radius 1 is 1.33 bits per heavy atom. The minimum Gasteiger partial charge on any atom is -0.374 e. The van der Waals surface area contributed by atoms with Crippen LogP contribution in [-0.4, -0.2) is 18.2 Å². The van der Waals surface area contributed by atoms with Gasteiger partial charge in [0.25, 0.3) is 0 Å². The van der Waals surface area contributed by atoms with Crippen LogP contribution in [0.15, 0.2) is 18.2 Å². The molecule has 4 heteroatoms. The number of ether oxygens (including phenoxy) is 1. The molecule has 1 aromatic carbocycles. The molecule has 0 aromatic heterocycles. The summed E-state index contributed by atoms with van der Waals surface area (Å²) in [6, 6.07) is 3.48. The molecule has 1 aliphatic rings. The van der Waals surface area contributed by atoms with E-state index in [1.165, 1.54) is 18.2 Å². The van der Waals surface area contributed by atoms with E-state index in [-0.39, 0.29) is 12.0 Å². The summed E-state index contributed by atoms with van der Waals surface area (Å²) in [7, 11) is 0. The minimum absolute atomic E-state index is 0.0559. The largest absolute Gasteiger partial charge is 0.374 e. The van der Waals surface area contributed by atoms with E-state index in [2.05, 4.69) is 0 Å². The van der Waals surface area contributed by atoms with Gasteiger partial charge in [0.1, 0.15) is 11.6 Å². The van der Waals surface area contributed by atoms with Gasteiger partial charge in [0.05, 0.1) is 5.60 Å². The summed E-state index contributed by atoms with van der Waals surface area (Å²) in [5.41, 5.74) is 5.67. The molecule has 2 N–H and O–H groups in total. The standard InChI is InChI=1S/C14H19F2NO/c1-14(7-2-3-8-18-14)13(17)9-10-11(15)5-4-6-12(10)16/h4-6,13H,2-3,7-9,17H2,1H3. The molecule has 1 aliphatic heterocycles. The number of rotatable bonds is 3. The predicted octanol–water partition coefficient (Wildman–Crippen LogP) is 2.79. The van der Waals surface area contributed by atoms with Gasteiger partial charge in [-0.2, -0.15) is 0 Å². The van der Waals surface area contributed by atoms with Crippen LogP contribution in [0.3, 0.4) is 0 Å². The van der Waals surface area contributed by atoms with Gasteiger partial charge in [0.15, 0.2) is 0 Å². The first-order chi connectivity index (χ1) is 8.53. The number of benzene rings is 1. The highest BCUT2D eigenvalue weighted by Crippen LogP contribution is 2.29. The van der Waals surface area contributed by atoms with Gasteiger partial charge in [-0.05, 0) is 44.7 Å². The molecule has 0 bridgehead atoms. The summed E-state index contributed by atoms with van der Waals surface area (Å²) < 4.78 is 32.8. The maximum Gasteiger partial charge on any atom is 0.129 e. The van der Waals surface area contributed by atoms with E-state index in [0.717, 1.165) is 19.3 Å². The Bertz CT molecular complexity index is 396. The first-order valence-corrected chi connectivity index (χ1v) is 6.35. The Kier molecular flexibility index (Phi) is 3.97. The van der Waals surface area contributed by atoms with Crippen LogP contribution >= 0.6 is 0 Å². The first kappa shape index (κ1) is 13.4. The van der Waals surface area contributed by atoms with Crippen molar-refractivity contribution in [2.24, 2.45) is 5.73 Å². The molecule has 1 aromatic rings. The van der Waals surface area contributed by atoms with Gasteiger partial charge in [-0.25, -0.2) is 8.78 Å². The fraction of sp³-hybridized carbons (Fsp3) is 0.571. The highest BCUT2D eigenvalue weighted by Gasteiger charge is 2.35. The van der Waals surface area contributed by atoms with Gasteiger partial charge in [-0.1, -0.05) is 6.07 Å². The van der Waals surface area contributed by atoms with Crippen molar-refractivity contribution in [2.75, 3.05) is 6.61 Å². The fourth-order valence-corrected chi connectivity index (χ4v) is 2.41. The van der Waals surface area contributed by atoms with Crippen molar-refractivity contribution in [1.82, 2.24) is 0 Å². The van der Waals surface area contributed by atoms with Gasteiger partial charge in [-0.15, -0.1) is 0 Å². The molecular formula is C14H19F2NO.